The van der Waals surface area contributed by atoms with Gasteiger partial charge in [-0.1, -0.05) is 30.3 Å². The van der Waals surface area contributed by atoms with Crippen LogP contribution in [0, 0.1) is 5.92 Å². The van der Waals surface area contributed by atoms with E-state index in [1.165, 1.54) is 0 Å². The van der Waals surface area contributed by atoms with Gasteiger partial charge in [0.1, 0.15) is 17.4 Å². The molecule has 4 aliphatic heterocycles. The molecule has 3 aromatic rings. The lowest BCUT2D eigenvalue weighted by atomic mass is 9.86. The smallest absolute Gasteiger partial charge is 0.407 e. The normalized spacial score (nSPS) is 26.8. The summed E-state index contributed by atoms with van der Waals surface area (Å²) in [6.45, 7) is 3.69. The van der Waals surface area contributed by atoms with Crippen molar-refractivity contribution in [1.82, 2.24) is 10.2 Å². The summed E-state index contributed by atoms with van der Waals surface area (Å²) in [5.74, 6) is 1.31. The van der Waals surface area contributed by atoms with Crippen LogP contribution in [0.25, 0.3) is 22.1 Å². The number of ether oxygens (including phenoxy) is 2. The van der Waals surface area contributed by atoms with Crippen LogP contribution in [0.5, 0.6) is 5.75 Å². The van der Waals surface area contributed by atoms with Crippen molar-refractivity contribution in [2.75, 3.05) is 26.2 Å². The summed E-state index contributed by atoms with van der Waals surface area (Å²) in [5.41, 5.74) is 3.94. The van der Waals surface area contributed by atoms with E-state index in [1.54, 1.807) is 6.26 Å². The molecule has 160 valence electrons. The van der Waals surface area contributed by atoms with Crippen LogP contribution >= 0.6 is 0 Å². The molecule has 31 heavy (non-hydrogen) atoms. The summed E-state index contributed by atoms with van der Waals surface area (Å²) in [7, 11) is 0. The third-order valence-corrected chi connectivity index (χ3v) is 6.99. The van der Waals surface area contributed by atoms with Crippen LogP contribution < -0.4 is 10.1 Å². The summed E-state index contributed by atoms with van der Waals surface area (Å²) >= 11 is 0. The van der Waals surface area contributed by atoms with E-state index in [9.17, 15) is 4.79 Å². The average molecular weight is 418 g/mol. The highest BCUT2D eigenvalue weighted by Gasteiger charge is 2.37. The Hall–Kier alpha value is -2.99. The fourth-order valence-corrected chi connectivity index (χ4v) is 5.27. The first-order chi connectivity index (χ1) is 15.2. The highest BCUT2D eigenvalue weighted by atomic mass is 16.6. The molecule has 1 N–H and O–H groups in total. The molecule has 6 heteroatoms. The summed E-state index contributed by atoms with van der Waals surface area (Å²) in [5, 5.41) is 4.17. The molecule has 0 aliphatic carbocycles. The monoisotopic (exact) mass is 418 g/mol. The molecule has 2 bridgehead atoms. The number of rotatable bonds is 3. The average Bonchev–Trinajstić information content (AvgIpc) is 3.24. The molecule has 0 spiro atoms. The van der Waals surface area contributed by atoms with Gasteiger partial charge in [-0.05, 0) is 49.5 Å². The first kappa shape index (κ1) is 18.8. The van der Waals surface area contributed by atoms with Gasteiger partial charge in [0.05, 0.1) is 18.9 Å². The second kappa shape index (κ2) is 7.61. The van der Waals surface area contributed by atoms with E-state index in [-0.39, 0.29) is 18.2 Å². The highest BCUT2D eigenvalue weighted by Crippen LogP contribution is 2.38. The first-order valence-corrected chi connectivity index (χ1v) is 11.2. The Bertz CT molecular complexity index is 1120. The van der Waals surface area contributed by atoms with Crippen LogP contribution in [0.4, 0.5) is 4.79 Å². The molecule has 1 unspecified atom stereocenters. The zero-order chi connectivity index (χ0) is 20.8. The van der Waals surface area contributed by atoms with Crippen molar-refractivity contribution in [2.24, 2.45) is 5.92 Å². The Morgan fingerprint density at radius 2 is 1.97 bits per heavy atom. The van der Waals surface area contributed by atoms with Gasteiger partial charge in [0.25, 0.3) is 0 Å². The van der Waals surface area contributed by atoms with Crippen molar-refractivity contribution < 1.29 is 18.7 Å². The number of hydrogen-bond donors (Lipinski definition) is 1. The Kier molecular flexibility index (Phi) is 4.60. The molecular formula is C25H26N2O4. The van der Waals surface area contributed by atoms with Gasteiger partial charge < -0.3 is 19.2 Å². The van der Waals surface area contributed by atoms with Crippen LogP contribution in [-0.2, 0) is 4.74 Å². The molecule has 0 radical (unpaired) electrons. The molecule has 0 saturated carbocycles. The van der Waals surface area contributed by atoms with Crippen molar-refractivity contribution in [3.63, 3.8) is 0 Å². The number of para-hydroxylation sites is 1. The predicted molar refractivity (Wildman–Crippen MR) is 117 cm³/mol. The third-order valence-electron chi connectivity index (χ3n) is 6.99. The number of carbonyl (C=O) groups is 1. The van der Waals surface area contributed by atoms with Crippen LogP contribution in [0.1, 0.15) is 30.9 Å². The quantitative estimate of drug-likeness (QED) is 0.665. The number of nitrogens with one attached hydrogen (secondary N) is 1. The van der Waals surface area contributed by atoms with E-state index in [0.29, 0.717) is 12.5 Å². The van der Waals surface area contributed by atoms with E-state index in [0.717, 1.165) is 72.3 Å². The van der Waals surface area contributed by atoms with Gasteiger partial charge in [-0.3, -0.25) is 4.90 Å². The molecule has 5 heterocycles. The topological polar surface area (TPSA) is 63.9 Å². The zero-order valence-electron chi connectivity index (χ0n) is 17.4. The van der Waals surface area contributed by atoms with Gasteiger partial charge in [-0.2, -0.15) is 0 Å². The summed E-state index contributed by atoms with van der Waals surface area (Å²) in [4.78, 5) is 15.1. The lowest BCUT2D eigenvalue weighted by molar-refractivity contribution is -0.0342. The fourth-order valence-electron chi connectivity index (χ4n) is 5.27. The van der Waals surface area contributed by atoms with E-state index in [1.807, 2.05) is 30.3 Å². The largest absolute Gasteiger partial charge is 0.493 e. The van der Waals surface area contributed by atoms with Crippen LogP contribution in [0.2, 0.25) is 0 Å². The number of alkyl carbamates (subject to hydrolysis) is 1. The molecule has 1 amide bonds. The molecule has 3 saturated heterocycles. The first-order valence-electron chi connectivity index (χ1n) is 11.2. The number of amides is 1. The summed E-state index contributed by atoms with van der Waals surface area (Å²) < 4.78 is 17.5. The van der Waals surface area contributed by atoms with Gasteiger partial charge in [0.15, 0.2) is 0 Å². The Labute approximate surface area is 181 Å². The molecule has 2 aromatic carbocycles. The van der Waals surface area contributed by atoms with Gasteiger partial charge in [0, 0.05) is 29.5 Å². The third kappa shape index (κ3) is 3.45. The van der Waals surface area contributed by atoms with Crippen LogP contribution in [0.3, 0.4) is 0 Å². The van der Waals surface area contributed by atoms with E-state index in [4.69, 9.17) is 13.9 Å². The highest BCUT2D eigenvalue weighted by molar-refractivity contribution is 5.94. The molecule has 3 fully saturated rings. The number of nitrogens with zero attached hydrogens (tertiary/aromatic N) is 1. The van der Waals surface area contributed by atoms with Crippen LogP contribution in [0.15, 0.2) is 53.1 Å². The number of furan rings is 1. The van der Waals surface area contributed by atoms with Crippen molar-refractivity contribution >= 4 is 17.1 Å². The molecule has 6 nitrogen and oxygen atoms in total. The second-order valence-electron chi connectivity index (χ2n) is 8.81. The lowest BCUT2D eigenvalue weighted by Gasteiger charge is -2.44. The Morgan fingerprint density at radius 1 is 1.10 bits per heavy atom. The Morgan fingerprint density at radius 3 is 2.81 bits per heavy atom. The van der Waals surface area contributed by atoms with Gasteiger partial charge in [-0.25, -0.2) is 4.79 Å². The molecule has 4 aliphatic rings. The molecule has 2 atom stereocenters. The predicted octanol–water partition coefficient (Wildman–Crippen LogP) is 4.74. The van der Waals surface area contributed by atoms with Gasteiger partial charge in [-0.15, -0.1) is 0 Å². The van der Waals surface area contributed by atoms with Gasteiger partial charge in [0.2, 0.25) is 0 Å². The maximum Gasteiger partial charge on any atom is 0.407 e. The van der Waals surface area contributed by atoms with Crippen molar-refractivity contribution in [3.8, 4) is 16.9 Å². The van der Waals surface area contributed by atoms with E-state index < -0.39 is 0 Å². The maximum absolute atomic E-state index is 12.7. The maximum atomic E-state index is 12.7. The van der Waals surface area contributed by atoms with Crippen molar-refractivity contribution in [1.29, 1.82) is 0 Å². The van der Waals surface area contributed by atoms with E-state index in [2.05, 4.69) is 22.3 Å². The minimum atomic E-state index is -0.318. The minimum absolute atomic E-state index is 0.0126. The van der Waals surface area contributed by atoms with Crippen LogP contribution in [-0.4, -0.2) is 43.3 Å². The van der Waals surface area contributed by atoms with Gasteiger partial charge >= 0.3 is 6.09 Å². The summed E-state index contributed by atoms with van der Waals surface area (Å²) in [6.07, 6.45) is 4.47. The minimum Gasteiger partial charge on any atom is -0.493 e. The zero-order valence-corrected chi connectivity index (χ0v) is 17.4. The molecular weight excluding hydrogens is 392 g/mol. The fraction of sp³-hybridized carbons (Fsp3) is 0.400. The molecule has 1 aromatic heterocycles. The standard InChI is InChI=1S/C25H26N2O4/c28-25(31-24-14-27-10-7-16(24)8-11-27)26-21-9-12-29-23-13-17(5-6-19(21)23)20-15-30-22-4-2-1-3-18(20)22/h1-6,13,15-16,21,24H,7-12,14H2,(H,26,28)/t21?,24-/m1/s1. The SMILES string of the molecule is O=C(NC1CCOc2cc(-c3coc4ccccc34)ccc21)O[C@@H]1CN2CCC1CC2. The molecule has 7 rings (SSSR count). The number of piperidine rings is 3. The summed E-state index contributed by atoms with van der Waals surface area (Å²) in [6, 6.07) is 14.1. The second-order valence-corrected chi connectivity index (χ2v) is 8.81. The lowest BCUT2D eigenvalue weighted by Crippen LogP contribution is -2.52. The van der Waals surface area contributed by atoms with Crippen molar-refractivity contribution in [3.05, 3.63) is 54.3 Å². The van der Waals surface area contributed by atoms with E-state index >= 15 is 0 Å². The number of benzene rings is 2. The number of fused-ring (bicyclic) bond motifs is 5. The number of hydrogen-bond acceptors (Lipinski definition) is 5. The Balaban J connectivity index is 1.19. The number of carbonyl (C=O) groups excluding carboxylic acids is 1. The van der Waals surface area contributed by atoms with Crippen molar-refractivity contribution in [2.45, 2.75) is 31.4 Å².